The number of nitrogens with one attached hydrogen (secondary N) is 2. The summed E-state index contributed by atoms with van der Waals surface area (Å²) in [5.41, 5.74) is 2.15. The predicted molar refractivity (Wildman–Crippen MR) is 154 cm³/mol. The van der Waals surface area contributed by atoms with Crippen LogP contribution in [0.25, 0.3) is 0 Å². The summed E-state index contributed by atoms with van der Waals surface area (Å²) in [5, 5.41) is 6.00. The molecule has 2 aromatic carbocycles. The van der Waals surface area contributed by atoms with E-state index in [4.69, 9.17) is 4.74 Å². The zero-order valence-electron chi connectivity index (χ0n) is 23.6. The van der Waals surface area contributed by atoms with E-state index in [-0.39, 0.29) is 23.4 Å². The Morgan fingerprint density at radius 3 is 2.28 bits per heavy atom. The first kappa shape index (κ1) is 28.3. The van der Waals surface area contributed by atoms with Gasteiger partial charge in [0.2, 0.25) is 0 Å². The van der Waals surface area contributed by atoms with E-state index in [1.165, 1.54) is 0 Å². The lowest BCUT2D eigenvalue weighted by Gasteiger charge is -2.31. The van der Waals surface area contributed by atoms with Gasteiger partial charge >= 0.3 is 6.03 Å². The Labute approximate surface area is 231 Å². The number of rotatable bonds is 5. The van der Waals surface area contributed by atoms with E-state index in [1.807, 2.05) is 42.7 Å². The molecule has 0 bridgehead atoms. The van der Waals surface area contributed by atoms with Gasteiger partial charge in [-0.05, 0) is 82.9 Å². The smallest absolute Gasteiger partial charge is 0.317 e. The fourth-order valence-corrected chi connectivity index (χ4v) is 5.06. The number of ether oxygens (including phenoxy) is 1. The SMILES string of the molecule is COc1cccc(C(=O)Nc2ccc(N3CCCN(C(=O)NC(C)(C)C)CC3)c(C(=O)N3CCCCC3)c2)c1. The van der Waals surface area contributed by atoms with E-state index < -0.39 is 0 Å². The number of benzene rings is 2. The van der Waals surface area contributed by atoms with Crippen LogP contribution in [0.4, 0.5) is 16.2 Å². The molecule has 0 aromatic heterocycles. The average molecular weight is 536 g/mol. The fraction of sp³-hybridized carbons (Fsp3) is 0.500. The van der Waals surface area contributed by atoms with Crippen molar-refractivity contribution < 1.29 is 19.1 Å². The van der Waals surface area contributed by atoms with Crippen LogP contribution in [0.2, 0.25) is 0 Å². The first-order valence-electron chi connectivity index (χ1n) is 13.9. The van der Waals surface area contributed by atoms with Crippen LogP contribution in [0.5, 0.6) is 5.75 Å². The van der Waals surface area contributed by atoms with Crippen molar-refractivity contribution in [2.45, 2.75) is 52.0 Å². The van der Waals surface area contributed by atoms with Crippen LogP contribution in [0, 0.1) is 0 Å². The molecule has 0 spiro atoms. The Hall–Kier alpha value is -3.75. The molecule has 2 fully saturated rings. The maximum Gasteiger partial charge on any atom is 0.317 e. The number of urea groups is 1. The highest BCUT2D eigenvalue weighted by molar-refractivity contribution is 6.06. The van der Waals surface area contributed by atoms with Gasteiger partial charge in [-0.1, -0.05) is 6.07 Å². The van der Waals surface area contributed by atoms with Crippen molar-refractivity contribution in [3.8, 4) is 5.75 Å². The minimum atomic E-state index is -0.303. The lowest BCUT2D eigenvalue weighted by atomic mass is 10.1. The normalized spacial score (nSPS) is 16.4. The van der Waals surface area contributed by atoms with E-state index in [1.54, 1.807) is 37.4 Å². The van der Waals surface area contributed by atoms with Gasteiger partial charge in [0.25, 0.3) is 11.8 Å². The van der Waals surface area contributed by atoms with Gasteiger partial charge in [0.1, 0.15) is 5.75 Å². The second-order valence-electron chi connectivity index (χ2n) is 11.3. The van der Waals surface area contributed by atoms with Crippen molar-refractivity contribution in [1.29, 1.82) is 0 Å². The summed E-state index contributed by atoms with van der Waals surface area (Å²) in [4.78, 5) is 45.5. The molecule has 4 rings (SSSR count). The molecular formula is C30H41N5O4. The molecule has 2 aliphatic heterocycles. The van der Waals surface area contributed by atoms with E-state index in [0.717, 1.165) is 51.0 Å². The van der Waals surface area contributed by atoms with Crippen molar-refractivity contribution in [1.82, 2.24) is 15.1 Å². The molecule has 0 aliphatic carbocycles. The third kappa shape index (κ3) is 7.43. The number of anilines is 2. The van der Waals surface area contributed by atoms with Gasteiger partial charge in [-0.15, -0.1) is 0 Å². The third-order valence-electron chi connectivity index (χ3n) is 7.07. The van der Waals surface area contributed by atoms with Gasteiger partial charge in [0, 0.05) is 61.7 Å². The van der Waals surface area contributed by atoms with Gasteiger partial charge in [-0.2, -0.15) is 0 Å². The summed E-state index contributed by atoms with van der Waals surface area (Å²) in [7, 11) is 1.56. The molecule has 9 heteroatoms. The number of likely N-dealkylation sites (tertiary alicyclic amines) is 1. The highest BCUT2D eigenvalue weighted by Gasteiger charge is 2.27. The van der Waals surface area contributed by atoms with Crippen LogP contribution in [0.3, 0.4) is 0 Å². The summed E-state index contributed by atoms with van der Waals surface area (Å²) >= 11 is 0. The van der Waals surface area contributed by atoms with Crippen molar-refractivity contribution >= 4 is 29.2 Å². The number of carbonyl (C=O) groups excluding carboxylic acids is 3. The Kier molecular flexibility index (Phi) is 8.99. The van der Waals surface area contributed by atoms with Gasteiger partial charge in [-0.3, -0.25) is 9.59 Å². The second kappa shape index (κ2) is 12.4. The summed E-state index contributed by atoms with van der Waals surface area (Å²) in [5.74, 6) is 0.312. The monoisotopic (exact) mass is 535 g/mol. The topological polar surface area (TPSA) is 94.2 Å². The largest absolute Gasteiger partial charge is 0.497 e. The zero-order chi connectivity index (χ0) is 28.0. The molecular weight excluding hydrogens is 494 g/mol. The predicted octanol–water partition coefficient (Wildman–Crippen LogP) is 4.59. The first-order chi connectivity index (χ1) is 18.6. The molecule has 2 saturated heterocycles. The van der Waals surface area contributed by atoms with Crippen molar-refractivity contribution in [3.63, 3.8) is 0 Å². The average Bonchev–Trinajstić information content (AvgIpc) is 3.19. The highest BCUT2D eigenvalue weighted by Crippen LogP contribution is 2.29. The van der Waals surface area contributed by atoms with E-state index in [0.29, 0.717) is 42.2 Å². The number of hydrogen-bond acceptors (Lipinski definition) is 5. The highest BCUT2D eigenvalue weighted by atomic mass is 16.5. The molecule has 2 aliphatic rings. The van der Waals surface area contributed by atoms with Crippen LogP contribution >= 0.6 is 0 Å². The molecule has 2 N–H and O–H groups in total. The van der Waals surface area contributed by atoms with E-state index >= 15 is 0 Å². The van der Waals surface area contributed by atoms with Crippen LogP contribution in [0.1, 0.15) is 67.2 Å². The van der Waals surface area contributed by atoms with Gasteiger partial charge < -0.3 is 30.1 Å². The lowest BCUT2D eigenvalue weighted by molar-refractivity contribution is 0.0724. The Bertz CT molecular complexity index is 1190. The summed E-state index contributed by atoms with van der Waals surface area (Å²) in [6, 6.07) is 12.5. The first-order valence-corrected chi connectivity index (χ1v) is 13.9. The van der Waals surface area contributed by atoms with E-state index in [2.05, 4.69) is 15.5 Å². The maximum atomic E-state index is 13.8. The Morgan fingerprint density at radius 2 is 1.56 bits per heavy atom. The van der Waals surface area contributed by atoms with Gasteiger partial charge in [0.15, 0.2) is 0 Å². The molecule has 2 aromatic rings. The standard InChI is InChI=1S/C30H41N5O4/c1-30(2,3)32-29(38)35-17-9-16-33(18-19-35)26-13-12-23(21-25(26)28(37)34-14-6-5-7-15-34)31-27(36)22-10-8-11-24(20-22)39-4/h8,10-13,20-21H,5-7,9,14-19H2,1-4H3,(H,31,36)(H,32,38). The van der Waals surface area contributed by atoms with Crippen molar-refractivity contribution in [2.75, 3.05) is 56.6 Å². The molecule has 0 atom stereocenters. The molecule has 2 heterocycles. The summed E-state index contributed by atoms with van der Waals surface area (Å²) < 4.78 is 5.25. The molecule has 0 radical (unpaired) electrons. The summed E-state index contributed by atoms with van der Waals surface area (Å²) in [6.07, 6.45) is 3.92. The van der Waals surface area contributed by atoms with E-state index in [9.17, 15) is 14.4 Å². The van der Waals surface area contributed by atoms with Crippen LogP contribution in [0.15, 0.2) is 42.5 Å². The maximum absolute atomic E-state index is 13.8. The number of carbonyl (C=O) groups is 3. The second-order valence-corrected chi connectivity index (χ2v) is 11.3. The van der Waals surface area contributed by atoms with Gasteiger partial charge in [-0.25, -0.2) is 4.79 Å². The molecule has 0 saturated carbocycles. The number of amides is 4. The van der Waals surface area contributed by atoms with Crippen molar-refractivity contribution in [2.24, 2.45) is 0 Å². The number of hydrogen-bond donors (Lipinski definition) is 2. The summed E-state index contributed by atoms with van der Waals surface area (Å²) in [6.45, 7) is 9.96. The lowest BCUT2D eigenvalue weighted by Crippen LogP contribution is -2.49. The van der Waals surface area contributed by atoms with Crippen LogP contribution in [-0.2, 0) is 0 Å². The fourth-order valence-electron chi connectivity index (χ4n) is 5.06. The Morgan fingerprint density at radius 1 is 0.821 bits per heavy atom. The van der Waals surface area contributed by atoms with Crippen LogP contribution < -0.4 is 20.3 Å². The number of piperidine rings is 1. The molecule has 39 heavy (non-hydrogen) atoms. The quantitative estimate of drug-likeness (QED) is 0.584. The zero-order valence-corrected chi connectivity index (χ0v) is 23.6. The third-order valence-corrected chi connectivity index (χ3v) is 7.07. The molecule has 210 valence electrons. The minimum absolute atomic E-state index is 0.0197. The molecule has 0 unspecified atom stereocenters. The number of nitrogens with zero attached hydrogens (tertiary/aromatic N) is 3. The van der Waals surface area contributed by atoms with Crippen molar-refractivity contribution in [3.05, 3.63) is 53.6 Å². The Balaban J connectivity index is 1.57. The molecule has 9 nitrogen and oxygen atoms in total. The molecule has 4 amide bonds. The van der Waals surface area contributed by atoms with Crippen LogP contribution in [-0.4, -0.2) is 79.6 Å². The van der Waals surface area contributed by atoms with Gasteiger partial charge in [0.05, 0.1) is 12.7 Å². The minimum Gasteiger partial charge on any atom is -0.497 e. The number of methoxy groups -OCH3 is 1.